The minimum Gasteiger partial charge on any atom is -0.337 e. The average molecular weight is 665 g/mol. The molecule has 1 saturated carbocycles. The highest BCUT2D eigenvalue weighted by molar-refractivity contribution is 5.76. The fourth-order valence-corrected chi connectivity index (χ4v) is 6.40. The van der Waals surface area contributed by atoms with E-state index in [1.54, 1.807) is 47.8 Å². The van der Waals surface area contributed by atoms with Gasteiger partial charge in [-0.25, -0.2) is 19.2 Å². The van der Waals surface area contributed by atoms with E-state index in [1.807, 2.05) is 60.7 Å². The molecule has 2 atom stereocenters. The number of amides is 8. The van der Waals surface area contributed by atoms with Crippen LogP contribution in [0.5, 0.6) is 0 Å². The Morgan fingerprint density at radius 2 is 1.00 bits per heavy atom. The Balaban J connectivity index is 1.41. The minimum absolute atomic E-state index is 0.0347. The van der Waals surface area contributed by atoms with Crippen LogP contribution in [0.25, 0.3) is 0 Å². The highest BCUT2D eigenvalue weighted by Crippen LogP contribution is 2.45. The molecule has 1 fully saturated rings. The molecule has 4 N–H and O–H groups in total. The molecule has 12 heteroatoms. The van der Waals surface area contributed by atoms with Crippen LogP contribution in [0.15, 0.2) is 60.7 Å². The summed E-state index contributed by atoms with van der Waals surface area (Å²) in [6.45, 7) is 9.47. The molecule has 0 heterocycles. The minimum atomic E-state index is -0.222. The first-order valence-electron chi connectivity index (χ1n) is 16.7. The Kier molecular flexibility index (Phi) is 13.9. The maximum atomic E-state index is 13.2. The van der Waals surface area contributed by atoms with Crippen molar-refractivity contribution in [1.29, 1.82) is 0 Å². The molecule has 8 amide bonds. The highest BCUT2D eigenvalue weighted by atomic mass is 16.2. The van der Waals surface area contributed by atoms with E-state index in [-0.39, 0.29) is 41.0 Å². The van der Waals surface area contributed by atoms with Crippen molar-refractivity contribution in [3.63, 3.8) is 0 Å². The first kappa shape index (κ1) is 38.0. The van der Waals surface area contributed by atoms with Crippen LogP contribution >= 0.6 is 0 Å². The molecule has 264 valence electrons. The lowest BCUT2D eigenvalue weighted by Gasteiger charge is -2.47. The lowest BCUT2D eigenvalue weighted by molar-refractivity contribution is 0.0715. The van der Waals surface area contributed by atoms with Crippen LogP contribution in [0.1, 0.15) is 51.2 Å². The quantitative estimate of drug-likeness (QED) is 0.251. The maximum Gasteiger partial charge on any atom is 0.317 e. The van der Waals surface area contributed by atoms with Crippen molar-refractivity contribution < 1.29 is 19.2 Å². The van der Waals surface area contributed by atoms with Gasteiger partial charge < -0.3 is 40.9 Å². The predicted molar refractivity (Wildman–Crippen MR) is 189 cm³/mol. The van der Waals surface area contributed by atoms with E-state index >= 15 is 0 Å². The van der Waals surface area contributed by atoms with E-state index in [4.69, 9.17) is 0 Å². The van der Waals surface area contributed by atoms with E-state index in [0.29, 0.717) is 45.8 Å². The summed E-state index contributed by atoms with van der Waals surface area (Å²) in [4.78, 5) is 57.5. The molecule has 48 heavy (non-hydrogen) atoms. The van der Waals surface area contributed by atoms with Crippen LogP contribution in [0.3, 0.4) is 0 Å². The Hall–Kier alpha value is -4.48. The third kappa shape index (κ3) is 12.6. The summed E-state index contributed by atoms with van der Waals surface area (Å²) in [5, 5.41) is 12.1. The van der Waals surface area contributed by atoms with Crippen molar-refractivity contribution in [2.45, 2.75) is 59.2 Å². The smallest absolute Gasteiger partial charge is 0.317 e. The van der Waals surface area contributed by atoms with E-state index in [9.17, 15) is 19.2 Å². The maximum absolute atomic E-state index is 13.2. The van der Waals surface area contributed by atoms with Crippen LogP contribution in [-0.2, 0) is 13.1 Å². The lowest BCUT2D eigenvalue weighted by atomic mass is 9.62. The van der Waals surface area contributed by atoms with Crippen LogP contribution in [0, 0.1) is 10.8 Å². The largest absolute Gasteiger partial charge is 0.337 e. The van der Waals surface area contributed by atoms with Gasteiger partial charge in [0, 0.05) is 80.0 Å². The predicted octanol–water partition coefficient (Wildman–Crippen LogP) is 4.54. The number of carbonyl (C=O) groups is 4. The molecule has 3 rings (SSSR count). The number of benzene rings is 2. The SMILES string of the molecule is CN(CCN(C)C(=O)NCC1(C)CC(NC(=O)N(C)CCN(C)C(=O)NCc2ccccc2)CC(C)(C)C1)C(=O)NCc1ccccc1. The van der Waals surface area contributed by atoms with E-state index < -0.39 is 0 Å². The molecular weight excluding hydrogens is 608 g/mol. The van der Waals surface area contributed by atoms with Gasteiger partial charge >= 0.3 is 24.1 Å². The van der Waals surface area contributed by atoms with Gasteiger partial charge in [-0.05, 0) is 41.2 Å². The monoisotopic (exact) mass is 664 g/mol. The third-order valence-corrected chi connectivity index (χ3v) is 8.94. The fraction of sp³-hybridized carbons (Fsp3) is 0.556. The van der Waals surface area contributed by atoms with Crippen LogP contribution in [-0.4, -0.2) is 111 Å². The van der Waals surface area contributed by atoms with Crippen molar-refractivity contribution in [2.75, 3.05) is 60.9 Å². The molecule has 0 aromatic heterocycles. The van der Waals surface area contributed by atoms with E-state index in [2.05, 4.69) is 42.0 Å². The van der Waals surface area contributed by atoms with Gasteiger partial charge in [-0.3, -0.25) is 0 Å². The zero-order chi connectivity index (χ0) is 35.3. The van der Waals surface area contributed by atoms with Crippen molar-refractivity contribution in [2.24, 2.45) is 10.8 Å². The Morgan fingerprint density at radius 1 is 0.604 bits per heavy atom. The molecule has 0 saturated heterocycles. The van der Waals surface area contributed by atoms with Crippen molar-refractivity contribution in [1.82, 2.24) is 40.9 Å². The van der Waals surface area contributed by atoms with Crippen molar-refractivity contribution in [3.8, 4) is 0 Å². The molecule has 1 aliphatic rings. The molecule has 1 aliphatic carbocycles. The van der Waals surface area contributed by atoms with Gasteiger partial charge in [0.05, 0.1) is 0 Å². The van der Waals surface area contributed by atoms with Gasteiger partial charge in [0.2, 0.25) is 0 Å². The molecule has 0 aliphatic heterocycles. The molecule has 2 aromatic carbocycles. The summed E-state index contributed by atoms with van der Waals surface area (Å²) in [6.07, 6.45) is 2.46. The summed E-state index contributed by atoms with van der Waals surface area (Å²) >= 11 is 0. The molecule has 12 nitrogen and oxygen atoms in total. The topological polar surface area (TPSA) is 129 Å². The van der Waals surface area contributed by atoms with Gasteiger partial charge in [-0.15, -0.1) is 0 Å². The molecule has 0 radical (unpaired) electrons. The lowest BCUT2D eigenvalue weighted by Crippen LogP contribution is -2.54. The van der Waals surface area contributed by atoms with Crippen molar-refractivity contribution in [3.05, 3.63) is 71.8 Å². The summed E-state index contributed by atoms with van der Waals surface area (Å²) in [6, 6.07) is 18.6. The Bertz CT molecular complexity index is 1340. The zero-order valence-electron chi connectivity index (χ0n) is 29.8. The number of carbonyl (C=O) groups excluding carboxylic acids is 4. The number of hydrogen-bond donors (Lipinski definition) is 4. The standard InChI is InChI=1S/C36H56N8O4/c1-35(2)22-30(40-34(48)44(7)21-20-42(5)32(46)38-25-29-16-12-9-13-17-29)23-36(3,26-35)27-39-33(47)43(6)19-18-41(4)31(45)37-24-28-14-10-8-11-15-28/h8-17,30H,18-27H2,1-7H3,(H,37,45)(H,38,46)(H,39,47)(H,40,48). The number of nitrogens with one attached hydrogen (secondary N) is 4. The average Bonchev–Trinajstić information content (AvgIpc) is 3.05. The van der Waals surface area contributed by atoms with E-state index in [1.165, 1.54) is 0 Å². The van der Waals surface area contributed by atoms with Crippen LogP contribution < -0.4 is 21.3 Å². The molecule has 0 bridgehead atoms. The van der Waals surface area contributed by atoms with Gasteiger partial charge in [0.25, 0.3) is 0 Å². The number of urea groups is 4. The number of likely N-dealkylation sites (N-methyl/N-ethyl adjacent to an activating group) is 4. The van der Waals surface area contributed by atoms with Gasteiger partial charge in [-0.1, -0.05) is 81.4 Å². The highest BCUT2D eigenvalue weighted by Gasteiger charge is 2.42. The van der Waals surface area contributed by atoms with Crippen LogP contribution in [0.4, 0.5) is 19.2 Å². The second kappa shape index (κ2) is 17.6. The molecule has 2 unspecified atom stereocenters. The van der Waals surface area contributed by atoms with Gasteiger partial charge in [-0.2, -0.15) is 0 Å². The fourth-order valence-electron chi connectivity index (χ4n) is 6.40. The first-order valence-corrected chi connectivity index (χ1v) is 16.7. The summed E-state index contributed by atoms with van der Waals surface area (Å²) in [7, 11) is 6.89. The van der Waals surface area contributed by atoms with Crippen LogP contribution in [0.2, 0.25) is 0 Å². The zero-order valence-corrected chi connectivity index (χ0v) is 29.8. The second-order valence-corrected chi connectivity index (χ2v) is 14.3. The summed E-state index contributed by atoms with van der Waals surface area (Å²) in [5.41, 5.74) is 1.79. The number of nitrogens with zero attached hydrogens (tertiary/aromatic N) is 4. The normalized spacial score (nSPS) is 18.2. The van der Waals surface area contributed by atoms with E-state index in [0.717, 1.165) is 30.4 Å². The molecular formula is C36H56N8O4. The Labute approximate surface area is 286 Å². The third-order valence-electron chi connectivity index (χ3n) is 8.94. The second-order valence-electron chi connectivity index (χ2n) is 14.3. The molecule has 0 spiro atoms. The van der Waals surface area contributed by atoms with Crippen molar-refractivity contribution >= 4 is 24.1 Å². The first-order chi connectivity index (χ1) is 22.7. The molecule has 2 aromatic rings. The number of hydrogen-bond acceptors (Lipinski definition) is 4. The van der Waals surface area contributed by atoms with Gasteiger partial charge in [0.15, 0.2) is 0 Å². The Morgan fingerprint density at radius 3 is 1.44 bits per heavy atom. The number of rotatable bonds is 13. The summed E-state index contributed by atoms with van der Waals surface area (Å²) in [5.74, 6) is 0. The summed E-state index contributed by atoms with van der Waals surface area (Å²) < 4.78 is 0. The van der Waals surface area contributed by atoms with Gasteiger partial charge in [0.1, 0.15) is 0 Å².